The van der Waals surface area contributed by atoms with Gasteiger partial charge in [-0.2, -0.15) is 0 Å². The smallest absolute Gasteiger partial charge is 0.0622 e. The molecule has 0 spiro atoms. The molecule has 0 aromatic rings. The summed E-state index contributed by atoms with van der Waals surface area (Å²) in [6, 6.07) is 1.61. The van der Waals surface area contributed by atoms with E-state index in [1.54, 1.807) is 0 Å². The molecule has 0 aliphatic carbocycles. The Bertz CT molecular complexity index is 144. The summed E-state index contributed by atoms with van der Waals surface area (Å²) in [5.41, 5.74) is 5.70. The lowest BCUT2D eigenvalue weighted by Crippen LogP contribution is -2.49. The molecule has 2 unspecified atom stereocenters. The Labute approximate surface area is 81.2 Å². The molecular weight excluding hydrogens is 164 g/mol. The van der Waals surface area contributed by atoms with Crippen molar-refractivity contribution in [1.82, 2.24) is 4.90 Å². The minimum atomic E-state index is 0.465. The molecule has 1 aliphatic heterocycles. The van der Waals surface area contributed by atoms with Crippen LogP contribution in [0.25, 0.3) is 0 Å². The quantitative estimate of drug-likeness (QED) is 0.707. The number of hydrogen-bond acceptors (Lipinski definition) is 3. The van der Waals surface area contributed by atoms with Crippen molar-refractivity contribution in [2.45, 2.75) is 45.3 Å². The zero-order valence-corrected chi connectivity index (χ0v) is 8.99. The van der Waals surface area contributed by atoms with Crippen LogP contribution in [-0.2, 0) is 4.74 Å². The monoisotopic (exact) mass is 186 g/mol. The van der Waals surface area contributed by atoms with Crippen molar-refractivity contribution in [2.75, 3.05) is 19.8 Å². The predicted octanol–water partition coefficient (Wildman–Crippen LogP) is 0.833. The molecule has 0 bridgehead atoms. The molecule has 2 N–H and O–H groups in total. The topological polar surface area (TPSA) is 38.5 Å². The van der Waals surface area contributed by atoms with Crippen LogP contribution in [0.2, 0.25) is 0 Å². The SMILES string of the molecule is CC(C)N(C(C)CN)C1CCOC1. The maximum Gasteiger partial charge on any atom is 0.0622 e. The summed E-state index contributed by atoms with van der Waals surface area (Å²) in [5.74, 6) is 0. The average molecular weight is 186 g/mol. The van der Waals surface area contributed by atoms with Gasteiger partial charge in [-0.25, -0.2) is 0 Å². The van der Waals surface area contributed by atoms with E-state index in [0.717, 1.165) is 26.2 Å². The molecule has 1 fully saturated rings. The number of hydrogen-bond donors (Lipinski definition) is 1. The highest BCUT2D eigenvalue weighted by atomic mass is 16.5. The maximum absolute atomic E-state index is 5.70. The van der Waals surface area contributed by atoms with Gasteiger partial charge in [0.05, 0.1) is 6.61 Å². The average Bonchev–Trinajstić information content (AvgIpc) is 2.56. The van der Waals surface area contributed by atoms with Gasteiger partial charge in [-0.15, -0.1) is 0 Å². The largest absolute Gasteiger partial charge is 0.380 e. The van der Waals surface area contributed by atoms with E-state index in [2.05, 4.69) is 25.7 Å². The van der Waals surface area contributed by atoms with Gasteiger partial charge >= 0.3 is 0 Å². The standard InChI is InChI=1S/C10H22N2O/c1-8(2)12(9(3)6-11)10-4-5-13-7-10/h8-10H,4-7,11H2,1-3H3. The Kier molecular flexibility index (Phi) is 4.16. The van der Waals surface area contributed by atoms with Gasteiger partial charge in [0.2, 0.25) is 0 Å². The highest BCUT2D eigenvalue weighted by Gasteiger charge is 2.28. The van der Waals surface area contributed by atoms with Crippen LogP contribution in [0.1, 0.15) is 27.2 Å². The second kappa shape index (κ2) is 4.94. The summed E-state index contributed by atoms with van der Waals surface area (Å²) in [5, 5.41) is 0. The summed E-state index contributed by atoms with van der Waals surface area (Å²) in [7, 11) is 0. The van der Waals surface area contributed by atoms with Gasteiger partial charge in [0.25, 0.3) is 0 Å². The van der Waals surface area contributed by atoms with Gasteiger partial charge < -0.3 is 10.5 Å². The summed E-state index contributed by atoms with van der Waals surface area (Å²) in [6.45, 7) is 9.16. The van der Waals surface area contributed by atoms with Crippen LogP contribution in [0.15, 0.2) is 0 Å². The van der Waals surface area contributed by atoms with E-state index < -0.39 is 0 Å². The molecule has 0 radical (unpaired) electrons. The fraction of sp³-hybridized carbons (Fsp3) is 1.00. The van der Waals surface area contributed by atoms with Crippen LogP contribution in [0.5, 0.6) is 0 Å². The van der Waals surface area contributed by atoms with Crippen LogP contribution >= 0.6 is 0 Å². The molecular formula is C10H22N2O. The molecule has 13 heavy (non-hydrogen) atoms. The third-order valence-corrected chi connectivity index (χ3v) is 2.77. The minimum Gasteiger partial charge on any atom is -0.380 e. The Morgan fingerprint density at radius 2 is 2.15 bits per heavy atom. The van der Waals surface area contributed by atoms with Crippen LogP contribution < -0.4 is 5.73 Å². The highest BCUT2D eigenvalue weighted by molar-refractivity contribution is 4.82. The van der Waals surface area contributed by atoms with E-state index in [-0.39, 0.29) is 0 Å². The number of rotatable bonds is 4. The maximum atomic E-state index is 5.70. The summed E-state index contributed by atoms with van der Waals surface area (Å²) >= 11 is 0. The number of ether oxygens (including phenoxy) is 1. The van der Waals surface area contributed by atoms with Gasteiger partial charge in [-0.05, 0) is 27.2 Å². The number of nitrogens with zero attached hydrogens (tertiary/aromatic N) is 1. The van der Waals surface area contributed by atoms with Crippen molar-refractivity contribution in [2.24, 2.45) is 5.73 Å². The van der Waals surface area contributed by atoms with Crippen molar-refractivity contribution in [1.29, 1.82) is 0 Å². The molecule has 1 heterocycles. The second-order valence-electron chi connectivity index (χ2n) is 4.14. The van der Waals surface area contributed by atoms with Gasteiger partial charge in [0.15, 0.2) is 0 Å². The van der Waals surface area contributed by atoms with Crippen LogP contribution in [0.3, 0.4) is 0 Å². The fourth-order valence-electron chi connectivity index (χ4n) is 2.17. The molecule has 0 amide bonds. The summed E-state index contributed by atoms with van der Waals surface area (Å²) in [4.78, 5) is 2.48. The molecule has 0 aromatic carbocycles. The van der Waals surface area contributed by atoms with Crippen molar-refractivity contribution in [3.05, 3.63) is 0 Å². The Morgan fingerprint density at radius 3 is 2.54 bits per heavy atom. The molecule has 0 saturated carbocycles. The fourth-order valence-corrected chi connectivity index (χ4v) is 2.17. The molecule has 1 saturated heterocycles. The first kappa shape index (κ1) is 11.0. The van der Waals surface area contributed by atoms with E-state index in [4.69, 9.17) is 10.5 Å². The van der Waals surface area contributed by atoms with Crippen molar-refractivity contribution in [3.8, 4) is 0 Å². The number of nitrogens with two attached hydrogens (primary N) is 1. The molecule has 2 atom stereocenters. The Morgan fingerprint density at radius 1 is 1.46 bits per heavy atom. The van der Waals surface area contributed by atoms with E-state index in [1.807, 2.05) is 0 Å². The Hall–Kier alpha value is -0.120. The lowest BCUT2D eigenvalue weighted by molar-refractivity contribution is 0.0892. The first-order chi connectivity index (χ1) is 6.16. The molecule has 1 aliphatic rings. The first-order valence-corrected chi connectivity index (χ1v) is 5.22. The molecule has 3 nitrogen and oxygen atoms in total. The molecule has 0 aromatic heterocycles. The summed E-state index contributed by atoms with van der Waals surface area (Å²) in [6.07, 6.45) is 1.16. The van der Waals surface area contributed by atoms with Crippen molar-refractivity contribution in [3.63, 3.8) is 0 Å². The molecule has 3 heteroatoms. The van der Waals surface area contributed by atoms with Gasteiger partial charge in [0, 0.05) is 31.3 Å². The molecule has 1 rings (SSSR count). The van der Waals surface area contributed by atoms with Crippen LogP contribution in [0, 0.1) is 0 Å². The van der Waals surface area contributed by atoms with Crippen LogP contribution in [0.4, 0.5) is 0 Å². The third-order valence-electron chi connectivity index (χ3n) is 2.77. The van der Waals surface area contributed by atoms with Crippen LogP contribution in [-0.4, -0.2) is 42.8 Å². The van der Waals surface area contributed by atoms with Gasteiger partial charge in [0.1, 0.15) is 0 Å². The summed E-state index contributed by atoms with van der Waals surface area (Å²) < 4.78 is 5.40. The van der Waals surface area contributed by atoms with E-state index in [9.17, 15) is 0 Å². The van der Waals surface area contributed by atoms with Crippen molar-refractivity contribution < 1.29 is 4.74 Å². The Balaban J connectivity index is 2.55. The lowest BCUT2D eigenvalue weighted by atomic mass is 10.1. The van der Waals surface area contributed by atoms with Gasteiger partial charge in [-0.1, -0.05) is 0 Å². The van der Waals surface area contributed by atoms with E-state index >= 15 is 0 Å². The van der Waals surface area contributed by atoms with Crippen molar-refractivity contribution >= 4 is 0 Å². The minimum absolute atomic E-state index is 0.465. The highest BCUT2D eigenvalue weighted by Crippen LogP contribution is 2.17. The zero-order chi connectivity index (χ0) is 9.84. The van der Waals surface area contributed by atoms with E-state index in [1.165, 1.54) is 0 Å². The first-order valence-electron chi connectivity index (χ1n) is 5.22. The normalized spacial score (nSPS) is 25.8. The second-order valence-corrected chi connectivity index (χ2v) is 4.14. The molecule has 78 valence electrons. The van der Waals surface area contributed by atoms with Gasteiger partial charge in [-0.3, -0.25) is 4.90 Å². The third kappa shape index (κ3) is 2.66. The lowest BCUT2D eigenvalue weighted by Gasteiger charge is -2.36. The van der Waals surface area contributed by atoms with E-state index in [0.29, 0.717) is 18.1 Å². The predicted molar refractivity (Wildman–Crippen MR) is 54.7 cm³/mol. The zero-order valence-electron chi connectivity index (χ0n) is 8.99.